The largest absolute Gasteiger partial charge is 0.377 e. The molecule has 1 aliphatic rings. The molecule has 1 unspecified atom stereocenters. The molecule has 0 amide bonds. The van der Waals surface area contributed by atoms with Gasteiger partial charge in [0.1, 0.15) is 0 Å². The molecule has 164 valence electrons. The molecule has 0 aliphatic carbocycles. The van der Waals surface area contributed by atoms with Crippen LogP contribution in [0.3, 0.4) is 0 Å². The minimum Gasteiger partial charge on any atom is -0.377 e. The quantitative estimate of drug-likeness (QED) is 0.533. The fourth-order valence-electron chi connectivity index (χ4n) is 3.78. The number of carbonyl (C=O) groups is 2. The van der Waals surface area contributed by atoms with Gasteiger partial charge in [0.15, 0.2) is 11.6 Å². The fraction of sp³-hybridized carbons (Fsp3) is 0.200. The maximum absolute atomic E-state index is 12.9. The van der Waals surface area contributed by atoms with E-state index in [1.807, 2.05) is 26.0 Å². The van der Waals surface area contributed by atoms with E-state index in [0.717, 1.165) is 16.7 Å². The number of hydrogen-bond acceptors (Lipinski definition) is 5. The Hall–Kier alpha value is -3.45. The highest BCUT2D eigenvalue weighted by Crippen LogP contribution is 2.34. The predicted octanol–water partition coefficient (Wildman–Crippen LogP) is 5.05. The van der Waals surface area contributed by atoms with Gasteiger partial charge in [-0.25, -0.2) is 8.42 Å². The predicted molar refractivity (Wildman–Crippen MR) is 125 cm³/mol. The van der Waals surface area contributed by atoms with Crippen LogP contribution in [0.25, 0.3) is 0 Å². The second-order valence-electron chi connectivity index (χ2n) is 8.12. The van der Waals surface area contributed by atoms with Gasteiger partial charge >= 0.3 is 0 Å². The van der Waals surface area contributed by atoms with E-state index < -0.39 is 10.0 Å². The van der Waals surface area contributed by atoms with E-state index in [-0.39, 0.29) is 28.9 Å². The molecule has 0 aromatic heterocycles. The molecule has 7 heteroatoms. The lowest BCUT2D eigenvalue weighted by atomic mass is 9.91. The van der Waals surface area contributed by atoms with Crippen LogP contribution in [0, 0.1) is 13.8 Å². The summed E-state index contributed by atoms with van der Waals surface area (Å²) < 4.78 is 28.4. The van der Waals surface area contributed by atoms with E-state index in [9.17, 15) is 18.0 Å². The molecule has 0 saturated heterocycles. The van der Waals surface area contributed by atoms with Crippen LogP contribution in [-0.4, -0.2) is 20.0 Å². The Labute approximate surface area is 187 Å². The zero-order chi connectivity index (χ0) is 23.0. The number of sulfonamides is 1. The van der Waals surface area contributed by atoms with Gasteiger partial charge < -0.3 is 5.32 Å². The van der Waals surface area contributed by atoms with E-state index in [0.29, 0.717) is 22.5 Å². The Morgan fingerprint density at radius 3 is 2.50 bits per heavy atom. The number of carbonyl (C=O) groups excluding carboxylic acids is 2. The molecule has 2 N–H and O–H groups in total. The number of aryl methyl sites for hydroxylation is 2. The first-order valence-corrected chi connectivity index (χ1v) is 11.8. The van der Waals surface area contributed by atoms with Gasteiger partial charge in [-0.2, -0.15) is 0 Å². The van der Waals surface area contributed by atoms with Crippen molar-refractivity contribution in [3.8, 4) is 0 Å². The first-order chi connectivity index (χ1) is 15.1. The van der Waals surface area contributed by atoms with Crippen LogP contribution in [0.15, 0.2) is 65.6 Å². The van der Waals surface area contributed by atoms with Crippen molar-refractivity contribution in [1.29, 1.82) is 0 Å². The van der Waals surface area contributed by atoms with Crippen molar-refractivity contribution in [2.45, 2.75) is 38.1 Å². The van der Waals surface area contributed by atoms with Crippen LogP contribution < -0.4 is 10.0 Å². The third kappa shape index (κ3) is 4.29. The van der Waals surface area contributed by atoms with Crippen molar-refractivity contribution in [1.82, 2.24) is 0 Å². The molecule has 1 atom stereocenters. The maximum Gasteiger partial charge on any atom is 0.261 e. The zero-order valence-electron chi connectivity index (χ0n) is 18.1. The first kappa shape index (κ1) is 21.8. The summed E-state index contributed by atoms with van der Waals surface area (Å²) in [6, 6.07) is 16.8. The highest BCUT2D eigenvalue weighted by molar-refractivity contribution is 7.92. The molecule has 3 aromatic rings. The van der Waals surface area contributed by atoms with E-state index in [4.69, 9.17) is 0 Å². The van der Waals surface area contributed by atoms with Gasteiger partial charge in [-0.1, -0.05) is 24.3 Å². The standard InChI is InChI=1S/C25H24N2O4S/c1-15-7-8-20(11-16(15)2)27-32(30,31)21-9-10-23-22(13-21)25(29)14-24(26-23)19-6-4-5-18(12-19)17(3)28/h4-13,24,26-27H,14H2,1-3H3. The van der Waals surface area contributed by atoms with Crippen molar-refractivity contribution in [3.63, 3.8) is 0 Å². The Balaban J connectivity index is 1.61. The number of ketones is 2. The molecular weight excluding hydrogens is 424 g/mol. The van der Waals surface area contributed by atoms with Crippen molar-refractivity contribution < 1.29 is 18.0 Å². The number of nitrogens with one attached hydrogen (secondary N) is 2. The minimum atomic E-state index is -3.85. The van der Waals surface area contributed by atoms with Crippen LogP contribution in [-0.2, 0) is 10.0 Å². The lowest BCUT2D eigenvalue weighted by Gasteiger charge is -2.27. The average Bonchev–Trinajstić information content (AvgIpc) is 2.76. The van der Waals surface area contributed by atoms with Gasteiger partial charge in [-0.3, -0.25) is 14.3 Å². The molecule has 0 spiro atoms. The molecule has 0 fully saturated rings. The number of fused-ring (bicyclic) bond motifs is 1. The van der Waals surface area contributed by atoms with Crippen molar-refractivity contribution in [2.24, 2.45) is 0 Å². The van der Waals surface area contributed by atoms with Gasteiger partial charge in [0.25, 0.3) is 10.0 Å². The van der Waals surface area contributed by atoms with Gasteiger partial charge in [-0.15, -0.1) is 0 Å². The van der Waals surface area contributed by atoms with Crippen LogP contribution in [0.2, 0.25) is 0 Å². The minimum absolute atomic E-state index is 0.0293. The highest BCUT2D eigenvalue weighted by atomic mass is 32.2. The third-order valence-electron chi connectivity index (χ3n) is 5.78. The fourth-order valence-corrected chi connectivity index (χ4v) is 4.85. The first-order valence-electron chi connectivity index (χ1n) is 10.3. The molecule has 1 aliphatic heterocycles. The Morgan fingerprint density at radius 1 is 1.00 bits per heavy atom. The Bertz CT molecular complexity index is 1350. The maximum atomic E-state index is 12.9. The van der Waals surface area contributed by atoms with Crippen molar-refractivity contribution in [2.75, 3.05) is 10.0 Å². The number of anilines is 2. The van der Waals surface area contributed by atoms with E-state index >= 15 is 0 Å². The van der Waals surface area contributed by atoms with E-state index in [2.05, 4.69) is 10.0 Å². The normalized spacial score (nSPS) is 15.6. The Morgan fingerprint density at radius 2 is 1.78 bits per heavy atom. The molecule has 0 bridgehead atoms. The van der Waals surface area contributed by atoms with Gasteiger partial charge in [-0.05, 0) is 73.9 Å². The molecule has 1 heterocycles. The molecule has 0 saturated carbocycles. The smallest absolute Gasteiger partial charge is 0.261 e. The molecular formula is C25H24N2O4S. The summed E-state index contributed by atoms with van der Waals surface area (Å²) in [6.07, 6.45) is 0.169. The highest BCUT2D eigenvalue weighted by Gasteiger charge is 2.28. The summed E-state index contributed by atoms with van der Waals surface area (Å²) >= 11 is 0. The topological polar surface area (TPSA) is 92.3 Å². The third-order valence-corrected chi connectivity index (χ3v) is 7.15. The summed E-state index contributed by atoms with van der Waals surface area (Å²) in [7, 11) is -3.85. The lowest BCUT2D eigenvalue weighted by Crippen LogP contribution is -2.24. The number of benzene rings is 3. The summed E-state index contributed by atoms with van der Waals surface area (Å²) in [6.45, 7) is 5.38. The van der Waals surface area contributed by atoms with Gasteiger partial charge in [0.2, 0.25) is 0 Å². The van der Waals surface area contributed by atoms with Crippen LogP contribution in [0.4, 0.5) is 11.4 Å². The van der Waals surface area contributed by atoms with Crippen LogP contribution in [0.5, 0.6) is 0 Å². The van der Waals surface area contributed by atoms with E-state index in [1.54, 1.807) is 36.4 Å². The second kappa shape index (κ2) is 8.24. The van der Waals surface area contributed by atoms with Gasteiger partial charge in [0, 0.05) is 28.9 Å². The molecule has 6 nitrogen and oxygen atoms in total. The Kier molecular flexibility index (Phi) is 5.60. The van der Waals surface area contributed by atoms with Crippen LogP contribution >= 0.6 is 0 Å². The number of hydrogen-bond donors (Lipinski definition) is 2. The van der Waals surface area contributed by atoms with Gasteiger partial charge in [0.05, 0.1) is 10.9 Å². The summed E-state index contributed by atoms with van der Waals surface area (Å²) in [5.41, 5.74) is 4.86. The number of Topliss-reactive ketones (excluding diaryl/α,β-unsaturated/α-hetero) is 2. The van der Waals surface area contributed by atoms with E-state index in [1.165, 1.54) is 19.1 Å². The average molecular weight is 449 g/mol. The summed E-state index contributed by atoms with van der Waals surface area (Å²) in [4.78, 5) is 24.6. The SMILES string of the molecule is CC(=O)c1cccc(C2CC(=O)c3cc(S(=O)(=O)Nc4ccc(C)c(C)c4)ccc3N2)c1. The molecule has 4 rings (SSSR count). The zero-order valence-corrected chi connectivity index (χ0v) is 18.9. The lowest BCUT2D eigenvalue weighted by molar-refractivity contribution is 0.0971. The molecule has 3 aromatic carbocycles. The molecule has 0 radical (unpaired) electrons. The monoisotopic (exact) mass is 448 g/mol. The second-order valence-corrected chi connectivity index (χ2v) is 9.80. The summed E-state index contributed by atoms with van der Waals surface area (Å²) in [5, 5.41) is 3.30. The number of rotatable bonds is 5. The van der Waals surface area contributed by atoms with Crippen molar-refractivity contribution in [3.05, 3.63) is 88.5 Å². The van der Waals surface area contributed by atoms with Crippen LogP contribution in [0.1, 0.15) is 56.8 Å². The molecule has 32 heavy (non-hydrogen) atoms. The summed E-state index contributed by atoms with van der Waals surface area (Å²) in [5.74, 6) is -0.194. The van der Waals surface area contributed by atoms with Crippen molar-refractivity contribution >= 4 is 33.0 Å².